The second-order valence-corrected chi connectivity index (χ2v) is 6.43. The van der Waals surface area contributed by atoms with Crippen molar-refractivity contribution in [2.75, 3.05) is 0 Å². The molecule has 0 rings (SSSR count). The van der Waals surface area contributed by atoms with Crippen molar-refractivity contribution in [1.29, 1.82) is 0 Å². The van der Waals surface area contributed by atoms with E-state index in [1.165, 1.54) is 96.3 Å². The molecule has 0 saturated heterocycles. The molecule has 0 heteroatoms. The fraction of sp³-hybridized carbons (Fsp3) is 0.652. The zero-order chi connectivity index (χ0) is 16.8. The Morgan fingerprint density at radius 1 is 0.348 bits per heavy atom. The van der Waals surface area contributed by atoms with Crippen LogP contribution in [-0.2, 0) is 0 Å². The Morgan fingerprint density at radius 3 is 0.870 bits per heavy atom. The van der Waals surface area contributed by atoms with Crippen molar-refractivity contribution < 1.29 is 0 Å². The van der Waals surface area contributed by atoms with Crippen LogP contribution in [0, 0.1) is 0 Å². The monoisotopic (exact) mass is 316 g/mol. The Labute approximate surface area is 146 Å². The summed E-state index contributed by atoms with van der Waals surface area (Å²) >= 11 is 0. The van der Waals surface area contributed by atoms with Crippen molar-refractivity contribution in [3.8, 4) is 0 Å². The summed E-state index contributed by atoms with van der Waals surface area (Å²) in [6, 6.07) is 0. The summed E-state index contributed by atoms with van der Waals surface area (Å²) in [6.45, 7) is 7.51. The average Bonchev–Trinajstić information content (AvgIpc) is 2.57. The smallest absolute Gasteiger partial charge is 0.0351 e. The Balaban J connectivity index is 3.14. The van der Waals surface area contributed by atoms with Gasteiger partial charge in [0.25, 0.3) is 0 Å². The molecule has 0 spiro atoms. The summed E-state index contributed by atoms with van der Waals surface area (Å²) in [7, 11) is 0. The third kappa shape index (κ3) is 21.0. The zero-order valence-corrected chi connectivity index (χ0v) is 15.5. The molecule has 0 bridgehead atoms. The number of allylic oxidation sites excluding steroid dienone is 6. The summed E-state index contributed by atoms with van der Waals surface area (Å²) in [4.78, 5) is 0. The Hall–Kier alpha value is -1.04. The summed E-state index contributed by atoms with van der Waals surface area (Å²) < 4.78 is 0. The van der Waals surface area contributed by atoms with Gasteiger partial charge in [-0.2, -0.15) is 0 Å². The normalized spacial score (nSPS) is 11.5. The predicted octanol–water partition coefficient (Wildman–Crippen LogP) is 8.32. The fourth-order valence-electron chi connectivity index (χ4n) is 2.63. The number of hydrogen-bond donors (Lipinski definition) is 0. The van der Waals surface area contributed by atoms with E-state index < -0.39 is 0 Å². The summed E-state index contributed by atoms with van der Waals surface area (Å²) in [5.74, 6) is 0. The van der Waals surface area contributed by atoms with Gasteiger partial charge in [0.1, 0.15) is 0 Å². The first-order valence-electron chi connectivity index (χ1n) is 9.93. The van der Waals surface area contributed by atoms with Crippen molar-refractivity contribution in [2.45, 2.75) is 96.3 Å². The highest BCUT2D eigenvalue weighted by Crippen LogP contribution is 2.08. The van der Waals surface area contributed by atoms with Gasteiger partial charge in [0.15, 0.2) is 0 Å². The molecular formula is C23H40. The predicted molar refractivity (Wildman–Crippen MR) is 108 cm³/mol. The zero-order valence-electron chi connectivity index (χ0n) is 15.5. The first kappa shape index (κ1) is 22.0. The Bertz CT molecular complexity index is 265. The van der Waals surface area contributed by atoms with E-state index in [2.05, 4.69) is 37.5 Å². The van der Waals surface area contributed by atoms with E-state index in [1.807, 2.05) is 12.2 Å². The SMILES string of the molecule is C=CCCCCCC=CCCCCCC=CCCCCCC=C. The van der Waals surface area contributed by atoms with Gasteiger partial charge >= 0.3 is 0 Å². The Kier molecular flexibility index (Phi) is 20.0. The molecule has 0 heterocycles. The van der Waals surface area contributed by atoms with Crippen LogP contribution in [0.1, 0.15) is 96.3 Å². The lowest BCUT2D eigenvalue weighted by molar-refractivity contribution is 0.681. The quantitative estimate of drug-likeness (QED) is 0.176. The van der Waals surface area contributed by atoms with Gasteiger partial charge in [-0.3, -0.25) is 0 Å². The van der Waals surface area contributed by atoms with Crippen LogP contribution in [0.15, 0.2) is 49.6 Å². The van der Waals surface area contributed by atoms with Gasteiger partial charge in [0.2, 0.25) is 0 Å². The summed E-state index contributed by atoms with van der Waals surface area (Å²) in [5, 5.41) is 0. The van der Waals surface area contributed by atoms with Gasteiger partial charge in [0.05, 0.1) is 0 Å². The van der Waals surface area contributed by atoms with Crippen LogP contribution < -0.4 is 0 Å². The third-order valence-electron chi connectivity index (χ3n) is 4.13. The molecule has 0 fully saturated rings. The van der Waals surface area contributed by atoms with Gasteiger partial charge in [-0.25, -0.2) is 0 Å². The van der Waals surface area contributed by atoms with E-state index >= 15 is 0 Å². The molecule has 0 aliphatic rings. The molecule has 0 atom stereocenters. The lowest BCUT2D eigenvalue weighted by atomic mass is 10.1. The minimum Gasteiger partial charge on any atom is -0.103 e. The third-order valence-corrected chi connectivity index (χ3v) is 4.13. The second-order valence-electron chi connectivity index (χ2n) is 6.43. The topological polar surface area (TPSA) is 0 Å². The highest BCUT2D eigenvalue weighted by atomic mass is 13.9. The first-order valence-corrected chi connectivity index (χ1v) is 9.93. The van der Waals surface area contributed by atoms with E-state index in [0.29, 0.717) is 0 Å². The van der Waals surface area contributed by atoms with Crippen molar-refractivity contribution in [3.63, 3.8) is 0 Å². The van der Waals surface area contributed by atoms with Gasteiger partial charge in [0, 0.05) is 0 Å². The number of hydrogen-bond acceptors (Lipinski definition) is 0. The van der Waals surface area contributed by atoms with Crippen LogP contribution in [0.4, 0.5) is 0 Å². The minimum atomic E-state index is 1.17. The molecule has 132 valence electrons. The molecule has 0 nitrogen and oxygen atoms in total. The first-order chi connectivity index (χ1) is 11.4. The van der Waals surface area contributed by atoms with E-state index in [9.17, 15) is 0 Å². The van der Waals surface area contributed by atoms with E-state index in [1.54, 1.807) is 0 Å². The van der Waals surface area contributed by atoms with Gasteiger partial charge in [-0.1, -0.05) is 55.7 Å². The van der Waals surface area contributed by atoms with Crippen molar-refractivity contribution in [1.82, 2.24) is 0 Å². The van der Waals surface area contributed by atoms with Crippen LogP contribution in [-0.4, -0.2) is 0 Å². The van der Waals surface area contributed by atoms with Crippen molar-refractivity contribution in [3.05, 3.63) is 49.6 Å². The molecule has 0 aliphatic heterocycles. The van der Waals surface area contributed by atoms with E-state index in [-0.39, 0.29) is 0 Å². The molecule has 0 unspecified atom stereocenters. The number of unbranched alkanes of at least 4 members (excludes halogenated alkanes) is 12. The molecule has 0 N–H and O–H groups in total. The van der Waals surface area contributed by atoms with E-state index in [0.717, 1.165) is 0 Å². The lowest BCUT2D eigenvalue weighted by Crippen LogP contribution is -1.77. The number of rotatable bonds is 18. The van der Waals surface area contributed by atoms with Crippen LogP contribution >= 0.6 is 0 Å². The standard InChI is InChI=1S/C23H40/c1-3-5-7-9-11-13-15-17-19-21-23-22-20-18-16-14-12-10-8-6-4-2/h3-4,15-18H,1-2,5-14,19-23H2. The molecule has 0 aromatic rings. The van der Waals surface area contributed by atoms with Crippen molar-refractivity contribution >= 4 is 0 Å². The molecule has 0 aliphatic carbocycles. The van der Waals surface area contributed by atoms with Crippen molar-refractivity contribution in [2.24, 2.45) is 0 Å². The maximum absolute atomic E-state index is 3.76. The minimum absolute atomic E-state index is 1.17. The summed E-state index contributed by atoms with van der Waals surface area (Å²) in [6.07, 6.45) is 33.0. The highest BCUT2D eigenvalue weighted by Gasteiger charge is 1.88. The highest BCUT2D eigenvalue weighted by molar-refractivity contribution is 4.83. The average molecular weight is 317 g/mol. The molecule has 0 aromatic heterocycles. The van der Waals surface area contributed by atoms with E-state index in [4.69, 9.17) is 0 Å². The van der Waals surface area contributed by atoms with Gasteiger partial charge in [-0.05, 0) is 77.0 Å². The molecule has 23 heavy (non-hydrogen) atoms. The molecule has 0 aromatic carbocycles. The fourth-order valence-corrected chi connectivity index (χ4v) is 2.63. The van der Waals surface area contributed by atoms with Crippen LogP contribution in [0.3, 0.4) is 0 Å². The molecular weight excluding hydrogens is 276 g/mol. The van der Waals surface area contributed by atoms with Crippen LogP contribution in [0.5, 0.6) is 0 Å². The van der Waals surface area contributed by atoms with Gasteiger partial charge in [-0.15, -0.1) is 13.2 Å². The van der Waals surface area contributed by atoms with Crippen LogP contribution in [0.2, 0.25) is 0 Å². The lowest BCUT2D eigenvalue weighted by Gasteiger charge is -1.97. The second kappa shape index (κ2) is 21.0. The maximum Gasteiger partial charge on any atom is -0.0351 e. The maximum atomic E-state index is 3.76. The Morgan fingerprint density at radius 2 is 0.609 bits per heavy atom. The van der Waals surface area contributed by atoms with Gasteiger partial charge < -0.3 is 0 Å². The molecule has 0 radical (unpaired) electrons. The molecule has 0 amide bonds. The van der Waals surface area contributed by atoms with Crippen LogP contribution in [0.25, 0.3) is 0 Å². The molecule has 0 saturated carbocycles. The summed E-state index contributed by atoms with van der Waals surface area (Å²) in [5.41, 5.74) is 0. The largest absolute Gasteiger partial charge is 0.103 e.